The molecule has 0 aliphatic rings. The Hall–Kier alpha value is -2.82. The Morgan fingerprint density at radius 2 is 1.87 bits per heavy atom. The number of sulfonamides is 1. The van der Waals surface area contributed by atoms with E-state index in [0.29, 0.717) is 10.2 Å². The molecule has 3 rings (SSSR count). The number of hydrogen-bond acceptors (Lipinski definition) is 6. The number of benzene rings is 2. The summed E-state index contributed by atoms with van der Waals surface area (Å²) in [7, 11) is -2.63. The zero-order valence-electron chi connectivity index (χ0n) is 16.7. The smallest absolute Gasteiger partial charge is 0.325 e. The molecule has 0 fully saturated rings. The fraction of sp³-hybridized carbons (Fsp3) is 0.250. The Morgan fingerprint density at radius 1 is 1.13 bits per heavy atom. The number of primary sulfonamides is 1. The number of hydrogen-bond donors (Lipinski definition) is 1. The van der Waals surface area contributed by atoms with Crippen molar-refractivity contribution in [1.29, 1.82) is 0 Å². The van der Waals surface area contributed by atoms with Crippen LogP contribution < -0.4 is 9.94 Å². The highest BCUT2D eigenvalue weighted by Gasteiger charge is 2.15. The number of carbonyl (C=O) groups is 2. The molecule has 0 bridgehead atoms. The van der Waals surface area contributed by atoms with E-state index in [0.717, 1.165) is 28.0 Å². The van der Waals surface area contributed by atoms with E-state index in [1.807, 2.05) is 32.0 Å². The quantitative estimate of drug-likeness (QED) is 0.598. The van der Waals surface area contributed by atoms with Gasteiger partial charge in [-0.05, 0) is 48.7 Å². The van der Waals surface area contributed by atoms with Crippen molar-refractivity contribution in [2.75, 3.05) is 7.11 Å². The summed E-state index contributed by atoms with van der Waals surface area (Å²) in [5.41, 5.74) is 3.60. The maximum Gasteiger partial charge on any atom is 0.325 e. The van der Waals surface area contributed by atoms with Gasteiger partial charge in [0.25, 0.3) is 5.91 Å². The van der Waals surface area contributed by atoms with Crippen molar-refractivity contribution < 1.29 is 22.7 Å². The number of aromatic nitrogens is 1. The minimum absolute atomic E-state index is 0.0607. The summed E-state index contributed by atoms with van der Waals surface area (Å²) >= 11 is 1.10. The highest BCUT2D eigenvalue weighted by atomic mass is 32.2. The van der Waals surface area contributed by atoms with Gasteiger partial charge in [-0.2, -0.15) is 4.99 Å². The number of rotatable bonds is 5. The van der Waals surface area contributed by atoms with Crippen molar-refractivity contribution in [2.24, 2.45) is 10.1 Å². The van der Waals surface area contributed by atoms with Crippen LogP contribution in [0.25, 0.3) is 10.2 Å². The largest absolute Gasteiger partial charge is 0.468 e. The molecular weight excluding hydrogens is 426 g/mol. The Bertz CT molecular complexity index is 1320. The fourth-order valence-electron chi connectivity index (χ4n) is 2.90. The molecule has 1 amide bonds. The fourth-order valence-corrected chi connectivity index (χ4v) is 4.60. The number of methoxy groups -OCH3 is 1. The first-order valence-corrected chi connectivity index (χ1v) is 11.3. The van der Waals surface area contributed by atoms with Crippen LogP contribution in [-0.2, 0) is 37.3 Å². The molecule has 10 heteroatoms. The molecular formula is C20H21N3O5S2. The first kappa shape index (κ1) is 21.9. The lowest BCUT2D eigenvalue weighted by Crippen LogP contribution is -2.22. The van der Waals surface area contributed by atoms with Crippen molar-refractivity contribution in [2.45, 2.75) is 31.7 Å². The Kier molecular flexibility index (Phi) is 6.20. The van der Waals surface area contributed by atoms with E-state index in [-0.39, 0.29) is 28.6 Å². The maximum absolute atomic E-state index is 12.6. The van der Waals surface area contributed by atoms with E-state index in [9.17, 15) is 18.0 Å². The van der Waals surface area contributed by atoms with Crippen molar-refractivity contribution in [1.82, 2.24) is 4.57 Å². The van der Waals surface area contributed by atoms with E-state index < -0.39 is 16.0 Å². The summed E-state index contributed by atoms with van der Waals surface area (Å²) in [6.45, 7) is 3.80. The molecule has 2 N–H and O–H groups in total. The molecule has 0 saturated heterocycles. The molecule has 1 aromatic heterocycles. The van der Waals surface area contributed by atoms with Gasteiger partial charge in [-0.15, -0.1) is 0 Å². The zero-order chi connectivity index (χ0) is 22.1. The number of esters is 1. The van der Waals surface area contributed by atoms with Crippen LogP contribution in [0.15, 0.2) is 46.3 Å². The zero-order valence-corrected chi connectivity index (χ0v) is 18.3. The molecule has 0 spiro atoms. The third-order valence-electron chi connectivity index (χ3n) is 4.64. The number of fused-ring (bicyclic) bond motifs is 1. The van der Waals surface area contributed by atoms with Gasteiger partial charge in [0.2, 0.25) is 10.0 Å². The van der Waals surface area contributed by atoms with Crippen LogP contribution in [0.2, 0.25) is 0 Å². The molecule has 2 aromatic carbocycles. The molecule has 0 unspecified atom stereocenters. The van der Waals surface area contributed by atoms with Crippen LogP contribution in [0.1, 0.15) is 16.7 Å². The number of nitrogens with two attached hydrogens (primary N) is 1. The lowest BCUT2D eigenvalue weighted by Gasteiger charge is -2.05. The van der Waals surface area contributed by atoms with Gasteiger partial charge in [-0.3, -0.25) is 9.59 Å². The van der Waals surface area contributed by atoms with Crippen LogP contribution >= 0.6 is 11.3 Å². The number of amides is 1. The average Bonchev–Trinajstić information content (AvgIpc) is 3.00. The number of thiazole rings is 1. The minimum Gasteiger partial charge on any atom is -0.468 e. The molecule has 30 heavy (non-hydrogen) atoms. The number of nitrogens with zero attached hydrogens (tertiary/aromatic N) is 2. The minimum atomic E-state index is -3.89. The highest BCUT2D eigenvalue weighted by molar-refractivity contribution is 7.89. The van der Waals surface area contributed by atoms with Gasteiger partial charge in [-0.1, -0.05) is 29.5 Å². The van der Waals surface area contributed by atoms with Gasteiger partial charge in [-0.25, -0.2) is 13.6 Å². The van der Waals surface area contributed by atoms with E-state index in [4.69, 9.17) is 9.88 Å². The summed E-state index contributed by atoms with van der Waals surface area (Å²) < 4.78 is 30.1. The van der Waals surface area contributed by atoms with Crippen molar-refractivity contribution in [3.05, 3.63) is 57.9 Å². The normalized spacial score (nSPS) is 12.3. The second kappa shape index (κ2) is 8.50. The van der Waals surface area contributed by atoms with Crippen LogP contribution in [0, 0.1) is 13.8 Å². The van der Waals surface area contributed by atoms with E-state index in [1.54, 1.807) is 0 Å². The number of carbonyl (C=O) groups excluding carboxylic acids is 2. The Labute approximate surface area is 177 Å². The maximum atomic E-state index is 12.6. The summed E-state index contributed by atoms with van der Waals surface area (Å²) in [4.78, 5) is 28.8. The third kappa shape index (κ3) is 4.84. The van der Waals surface area contributed by atoms with Crippen molar-refractivity contribution >= 4 is 43.5 Å². The monoisotopic (exact) mass is 447 g/mol. The van der Waals surface area contributed by atoms with Crippen LogP contribution in [0.3, 0.4) is 0 Å². The van der Waals surface area contributed by atoms with Gasteiger partial charge < -0.3 is 9.30 Å². The topological polar surface area (TPSA) is 121 Å². The summed E-state index contributed by atoms with van der Waals surface area (Å²) in [5.74, 6) is -0.900. The SMILES string of the molecule is COC(=O)Cn1c(=NC(=O)Cc2ccc(C)c(C)c2)sc2cc(S(N)(=O)=O)ccc21. The molecule has 8 nitrogen and oxygen atoms in total. The summed E-state index contributed by atoms with van der Waals surface area (Å²) in [6, 6.07) is 10.0. The Balaban J connectivity index is 2.07. The molecule has 0 atom stereocenters. The van der Waals surface area contributed by atoms with Crippen LogP contribution in [0.4, 0.5) is 0 Å². The summed E-state index contributed by atoms with van der Waals surface area (Å²) in [6.07, 6.45) is 0.107. The number of ether oxygens (including phenoxy) is 1. The van der Waals surface area contributed by atoms with Crippen LogP contribution in [-0.4, -0.2) is 32.0 Å². The van der Waals surface area contributed by atoms with Gasteiger partial charge in [0.15, 0.2) is 4.80 Å². The lowest BCUT2D eigenvalue weighted by molar-refractivity contribution is -0.141. The second-order valence-corrected chi connectivity index (χ2v) is 9.39. The third-order valence-corrected chi connectivity index (χ3v) is 6.60. The molecule has 158 valence electrons. The standard InChI is InChI=1S/C20H21N3O5S2/c1-12-4-5-14(8-13(12)2)9-18(24)22-20-23(11-19(25)28-3)16-7-6-15(30(21,26)27)10-17(16)29-20/h4-8,10H,9,11H2,1-3H3,(H2,21,26,27). The average molecular weight is 448 g/mol. The first-order valence-electron chi connectivity index (χ1n) is 8.95. The van der Waals surface area contributed by atoms with E-state index in [1.165, 1.54) is 29.9 Å². The van der Waals surface area contributed by atoms with Crippen LogP contribution in [0.5, 0.6) is 0 Å². The molecule has 3 aromatic rings. The van der Waals surface area contributed by atoms with Crippen molar-refractivity contribution in [3.63, 3.8) is 0 Å². The molecule has 0 aliphatic heterocycles. The predicted octanol–water partition coefficient (Wildman–Crippen LogP) is 1.81. The second-order valence-electron chi connectivity index (χ2n) is 6.82. The Morgan fingerprint density at radius 3 is 2.50 bits per heavy atom. The predicted molar refractivity (Wildman–Crippen MR) is 113 cm³/mol. The summed E-state index contributed by atoms with van der Waals surface area (Å²) in [5, 5.41) is 5.20. The molecule has 1 heterocycles. The lowest BCUT2D eigenvalue weighted by atomic mass is 10.0. The molecule has 0 saturated carbocycles. The molecule has 0 aliphatic carbocycles. The number of aryl methyl sites for hydroxylation is 2. The van der Waals surface area contributed by atoms with Crippen molar-refractivity contribution in [3.8, 4) is 0 Å². The van der Waals surface area contributed by atoms with Gasteiger partial charge in [0, 0.05) is 0 Å². The first-order chi connectivity index (χ1) is 14.1. The van der Waals surface area contributed by atoms with E-state index in [2.05, 4.69) is 4.99 Å². The van der Waals surface area contributed by atoms with Gasteiger partial charge >= 0.3 is 5.97 Å². The van der Waals surface area contributed by atoms with Gasteiger partial charge in [0.1, 0.15) is 6.54 Å². The molecule has 0 radical (unpaired) electrons. The van der Waals surface area contributed by atoms with Gasteiger partial charge in [0.05, 0.1) is 28.6 Å². The highest BCUT2D eigenvalue weighted by Crippen LogP contribution is 2.21. The van der Waals surface area contributed by atoms with E-state index >= 15 is 0 Å².